The molecule has 9 rings (SSSR count). The molecule has 0 N–H and O–H groups in total. The second-order valence-electron chi connectivity index (χ2n) is 12.7. The van der Waals surface area contributed by atoms with Gasteiger partial charge in [-0.25, -0.2) is 4.98 Å². The molecule has 0 fully saturated rings. The Labute approximate surface area is 281 Å². The molecular weight excluding hydrogens is 579 g/mol. The lowest BCUT2D eigenvalue weighted by Crippen LogP contribution is -2.22. The quantitative estimate of drug-likeness (QED) is 0.189. The minimum Gasteiger partial charge on any atom is -0.248 e. The van der Waals surface area contributed by atoms with E-state index in [9.17, 15) is 0 Å². The van der Waals surface area contributed by atoms with Gasteiger partial charge in [0.25, 0.3) is 0 Å². The zero-order chi connectivity index (χ0) is 31.9. The Bertz CT molecular complexity index is 2310. The molecule has 0 amide bonds. The summed E-state index contributed by atoms with van der Waals surface area (Å²) in [5.41, 5.74) is 14.6. The number of aromatic nitrogens is 1. The van der Waals surface area contributed by atoms with Crippen LogP contribution >= 0.6 is 0 Å². The lowest BCUT2D eigenvalue weighted by molar-refractivity contribution is 0.649. The average Bonchev–Trinajstić information content (AvgIpc) is 3.17. The summed E-state index contributed by atoms with van der Waals surface area (Å²) in [5.74, 6) is 0.447. The number of allylic oxidation sites excluding steroid dienone is 5. The largest absolute Gasteiger partial charge is 0.248 e. The molecule has 7 aromatic rings. The molecule has 0 aliphatic heterocycles. The zero-order valence-electron chi connectivity index (χ0n) is 26.5. The van der Waals surface area contributed by atoms with E-state index in [1.165, 1.54) is 49.7 Å². The van der Waals surface area contributed by atoms with Gasteiger partial charge in [0, 0.05) is 23.0 Å². The molecule has 2 unspecified atom stereocenters. The third-order valence-corrected chi connectivity index (χ3v) is 9.90. The highest BCUT2D eigenvalue weighted by molar-refractivity contribution is 6.01. The normalized spacial score (nSPS) is 16.5. The molecule has 1 heteroatoms. The molecule has 0 bridgehead atoms. The molecule has 1 heterocycles. The van der Waals surface area contributed by atoms with Crippen LogP contribution in [0.3, 0.4) is 0 Å². The smallest absolute Gasteiger partial charge is 0.0715 e. The van der Waals surface area contributed by atoms with Crippen molar-refractivity contribution in [2.24, 2.45) is 5.92 Å². The van der Waals surface area contributed by atoms with Crippen LogP contribution in [0.25, 0.3) is 50.0 Å². The van der Waals surface area contributed by atoms with Gasteiger partial charge in [0.15, 0.2) is 0 Å². The molecule has 0 saturated heterocycles. The summed E-state index contributed by atoms with van der Waals surface area (Å²) in [6, 6.07) is 59.1. The Balaban J connectivity index is 1.16. The Morgan fingerprint density at radius 3 is 1.83 bits per heavy atom. The molecule has 1 aromatic heterocycles. The van der Waals surface area contributed by atoms with Gasteiger partial charge < -0.3 is 0 Å². The fourth-order valence-corrected chi connectivity index (χ4v) is 7.67. The van der Waals surface area contributed by atoms with Crippen LogP contribution in [0.2, 0.25) is 0 Å². The van der Waals surface area contributed by atoms with Gasteiger partial charge in [-0.2, -0.15) is 0 Å². The highest BCUT2D eigenvalue weighted by Gasteiger charge is 2.35. The molecule has 226 valence electrons. The van der Waals surface area contributed by atoms with Crippen LogP contribution in [-0.4, -0.2) is 4.98 Å². The maximum Gasteiger partial charge on any atom is 0.0715 e. The average molecular weight is 612 g/mol. The van der Waals surface area contributed by atoms with Crippen molar-refractivity contribution in [3.8, 4) is 33.6 Å². The van der Waals surface area contributed by atoms with Gasteiger partial charge in [0.2, 0.25) is 0 Å². The molecule has 0 spiro atoms. The van der Waals surface area contributed by atoms with E-state index in [2.05, 4.69) is 188 Å². The van der Waals surface area contributed by atoms with Crippen molar-refractivity contribution in [2.45, 2.75) is 5.92 Å². The van der Waals surface area contributed by atoms with Crippen LogP contribution in [0.5, 0.6) is 0 Å². The molecule has 2 atom stereocenters. The lowest BCUT2D eigenvalue weighted by Gasteiger charge is -2.37. The van der Waals surface area contributed by atoms with Gasteiger partial charge in [0.1, 0.15) is 0 Å². The second-order valence-corrected chi connectivity index (χ2v) is 12.7. The van der Waals surface area contributed by atoms with Crippen molar-refractivity contribution in [1.29, 1.82) is 0 Å². The summed E-state index contributed by atoms with van der Waals surface area (Å²) in [5, 5.41) is 2.57. The maximum absolute atomic E-state index is 5.09. The number of pyridine rings is 1. The van der Waals surface area contributed by atoms with Crippen molar-refractivity contribution in [2.75, 3.05) is 0 Å². The third kappa shape index (κ3) is 4.92. The molecule has 0 radical (unpaired) electrons. The number of hydrogen-bond donors (Lipinski definition) is 0. The first-order valence-corrected chi connectivity index (χ1v) is 16.7. The number of rotatable bonds is 5. The van der Waals surface area contributed by atoms with E-state index < -0.39 is 0 Å². The minimum atomic E-state index is 0.211. The summed E-state index contributed by atoms with van der Waals surface area (Å²) in [7, 11) is 0. The van der Waals surface area contributed by atoms with Crippen LogP contribution in [0.15, 0.2) is 194 Å². The van der Waals surface area contributed by atoms with Gasteiger partial charge in [0.05, 0.1) is 11.4 Å². The predicted molar refractivity (Wildman–Crippen MR) is 201 cm³/mol. The van der Waals surface area contributed by atoms with Gasteiger partial charge in [-0.05, 0) is 67.4 Å². The minimum absolute atomic E-state index is 0.211. The topological polar surface area (TPSA) is 12.9 Å². The van der Waals surface area contributed by atoms with E-state index in [4.69, 9.17) is 4.98 Å². The molecular formula is C47H33N. The van der Waals surface area contributed by atoms with Crippen LogP contribution < -0.4 is 0 Å². The maximum atomic E-state index is 5.09. The Kier molecular flexibility index (Phi) is 7.02. The van der Waals surface area contributed by atoms with Crippen LogP contribution in [0, 0.1) is 5.92 Å². The Morgan fingerprint density at radius 1 is 0.458 bits per heavy atom. The van der Waals surface area contributed by atoms with Crippen molar-refractivity contribution >= 4 is 16.3 Å². The van der Waals surface area contributed by atoms with Crippen molar-refractivity contribution in [1.82, 2.24) is 4.98 Å². The first-order chi connectivity index (χ1) is 23.8. The third-order valence-electron chi connectivity index (χ3n) is 9.90. The number of fused-ring (bicyclic) bond motifs is 3. The molecule has 48 heavy (non-hydrogen) atoms. The monoisotopic (exact) mass is 611 g/mol. The van der Waals surface area contributed by atoms with Gasteiger partial charge in [-0.15, -0.1) is 0 Å². The fourth-order valence-electron chi connectivity index (χ4n) is 7.67. The van der Waals surface area contributed by atoms with E-state index in [0.717, 1.165) is 28.1 Å². The van der Waals surface area contributed by atoms with E-state index in [1.807, 2.05) is 0 Å². The summed E-state index contributed by atoms with van der Waals surface area (Å²) < 4.78 is 0. The van der Waals surface area contributed by atoms with Crippen LogP contribution in [0.4, 0.5) is 0 Å². The summed E-state index contributed by atoms with van der Waals surface area (Å²) in [4.78, 5) is 5.09. The number of benzene rings is 6. The van der Waals surface area contributed by atoms with E-state index >= 15 is 0 Å². The van der Waals surface area contributed by atoms with Crippen molar-refractivity contribution < 1.29 is 0 Å². The van der Waals surface area contributed by atoms with E-state index in [-0.39, 0.29) is 11.8 Å². The van der Waals surface area contributed by atoms with Gasteiger partial charge in [-0.1, -0.05) is 176 Å². The molecule has 2 aliphatic rings. The van der Waals surface area contributed by atoms with Gasteiger partial charge >= 0.3 is 0 Å². The second kappa shape index (κ2) is 12.0. The van der Waals surface area contributed by atoms with Crippen LogP contribution in [-0.2, 0) is 0 Å². The Morgan fingerprint density at radius 2 is 1.08 bits per heavy atom. The predicted octanol–water partition coefficient (Wildman–Crippen LogP) is 11.9. The van der Waals surface area contributed by atoms with Crippen molar-refractivity contribution in [3.63, 3.8) is 0 Å². The first kappa shape index (κ1) is 28.2. The van der Waals surface area contributed by atoms with E-state index in [0.29, 0.717) is 0 Å². The summed E-state index contributed by atoms with van der Waals surface area (Å²) in [6.07, 6.45) is 9.16. The number of nitrogens with zero attached hydrogens (tertiary/aromatic N) is 1. The SMILES string of the molecule is C1=CC2=C(c3cccc4ccccc34)c3ccccc3C(c3ccc(-c4cc(-c5ccccc5)nc(-c5ccccc5)c4)cc3)C2C=C1. The highest BCUT2D eigenvalue weighted by atomic mass is 14.7. The first-order valence-electron chi connectivity index (χ1n) is 16.7. The lowest BCUT2D eigenvalue weighted by atomic mass is 9.66. The summed E-state index contributed by atoms with van der Waals surface area (Å²) in [6.45, 7) is 0. The standard InChI is InChI=1S/C47H33N/c1-3-15-34(16-4-1)44-30-37(31-45(48-44)35-17-5-2-6-18-35)32-26-28-36(29-27-32)46-40-21-9-11-23-42(40)47(43-24-12-10-22-41(43)46)39-25-13-19-33-14-7-8-20-38(33)39/h1-31,40,46H. The molecule has 6 aromatic carbocycles. The molecule has 1 nitrogen and oxygen atoms in total. The molecule has 2 aliphatic carbocycles. The van der Waals surface area contributed by atoms with E-state index in [1.54, 1.807) is 0 Å². The molecule has 0 saturated carbocycles. The van der Waals surface area contributed by atoms with Crippen molar-refractivity contribution in [3.05, 3.63) is 216 Å². The highest BCUT2D eigenvalue weighted by Crippen LogP contribution is 2.51. The fraction of sp³-hybridized carbons (Fsp3) is 0.0426. The van der Waals surface area contributed by atoms with Crippen LogP contribution in [0.1, 0.15) is 28.2 Å². The number of hydrogen-bond acceptors (Lipinski definition) is 1. The van der Waals surface area contributed by atoms with Gasteiger partial charge in [-0.3, -0.25) is 0 Å². The Hall–Kier alpha value is -6.05. The zero-order valence-corrected chi connectivity index (χ0v) is 26.5. The summed E-state index contributed by atoms with van der Waals surface area (Å²) >= 11 is 0.